The summed E-state index contributed by atoms with van der Waals surface area (Å²) in [6.07, 6.45) is 4.22. The lowest BCUT2D eigenvalue weighted by Crippen LogP contribution is -2.11. The number of thioether (sulfide) groups is 1. The Balaban J connectivity index is 1.84. The van der Waals surface area contributed by atoms with Crippen molar-refractivity contribution < 1.29 is 4.79 Å². The van der Waals surface area contributed by atoms with Gasteiger partial charge in [-0.15, -0.1) is 0 Å². The van der Waals surface area contributed by atoms with E-state index in [1.54, 1.807) is 0 Å². The summed E-state index contributed by atoms with van der Waals surface area (Å²) in [7, 11) is 0. The highest BCUT2D eigenvalue weighted by Gasteiger charge is 2.21. The number of carbonyl (C=O) groups is 1. The monoisotopic (exact) mass is 400 g/mol. The van der Waals surface area contributed by atoms with Gasteiger partial charge in [-0.05, 0) is 55.9 Å². The van der Waals surface area contributed by atoms with Gasteiger partial charge < -0.3 is 0 Å². The van der Waals surface area contributed by atoms with E-state index in [-0.39, 0.29) is 11.5 Å². The highest BCUT2D eigenvalue weighted by molar-refractivity contribution is 9.10. The lowest BCUT2D eigenvalue weighted by Gasteiger charge is -2.20. The van der Waals surface area contributed by atoms with Gasteiger partial charge in [-0.25, -0.2) is 4.98 Å². The van der Waals surface area contributed by atoms with E-state index in [1.165, 1.54) is 17.3 Å². The van der Waals surface area contributed by atoms with E-state index in [9.17, 15) is 10.1 Å². The molecule has 2 aromatic rings. The number of nitrogens with zero attached hydrogens (tertiary/aromatic N) is 2. The predicted octanol–water partition coefficient (Wildman–Crippen LogP) is 4.88. The number of pyridine rings is 1. The van der Waals surface area contributed by atoms with Gasteiger partial charge in [0, 0.05) is 15.7 Å². The molecule has 0 aliphatic heterocycles. The molecule has 3 nitrogen and oxygen atoms in total. The Morgan fingerprint density at radius 2 is 2.08 bits per heavy atom. The summed E-state index contributed by atoms with van der Waals surface area (Å²) in [4.78, 5) is 17.0. The minimum atomic E-state index is 0.0439. The van der Waals surface area contributed by atoms with E-state index in [4.69, 9.17) is 0 Å². The van der Waals surface area contributed by atoms with Gasteiger partial charge in [0.15, 0.2) is 5.78 Å². The number of ketones is 1. The molecule has 1 aliphatic carbocycles. The van der Waals surface area contributed by atoms with Crippen LogP contribution < -0.4 is 0 Å². The summed E-state index contributed by atoms with van der Waals surface area (Å²) in [5.74, 6) is 0.332. The van der Waals surface area contributed by atoms with Crippen LogP contribution in [0.5, 0.6) is 0 Å². The van der Waals surface area contributed by atoms with Crippen LogP contribution in [0.4, 0.5) is 0 Å². The minimum absolute atomic E-state index is 0.0439. The largest absolute Gasteiger partial charge is 0.293 e. The molecule has 5 heteroatoms. The molecule has 122 valence electrons. The molecule has 0 bridgehead atoms. The Labute approximate surface area is 154 Å². The van der Waals surface area contributed by atoms with Crippen molar-refractivity contribution in [1.29, 1.82) is 5.26 Å². The Kier molecular flexibility index (Phi) is 5.37. The van der Waals surface area contributed by atoms with E-state index in [1.807, 2.05) is 31.2 Å². The normalized spacial score (nSPS) is 13.2. The van der Waals surface area contributed by atoms with Crippen LogP contribution in [0.3, 0.4) is 0 Å². The summed E-state index contributed by atoms with van der Waals surface area (Å²) in [5, 5.41) is 10.3. The molecular formula is C19H17BrN2OS. The summed E-state index contributed by atoms with van der Waals surface area (Å²) in [5.41, 5.74) is 4.72. The summed E-state index contributed by atoms with van der Waals surface area (Å²) in [6, 6.07) is 9.70. The van der Waals surface area contributed by atoms with Crippen molar-refractivity contribution in [2.45, 2.75) is 37.6 Å². The number of nitriles is 1. The van der Waals surface area contributed by atoms with Crippen LogP contribution in [-0.4, -0.2) is 16.5 Å². The first kappa shape index (κ1) is 17.2. The zero-order valence-electron chi connectivity index (χ0n) is 13.4. The summed E-state index contributed by atoms with van der Waals surface area (Å²) < 4.78 is 0.888. The number of fused-ring (bicyclic) bond motifs is 1. The fourth-order valence-electron chi connectivity index (χ4n) is 3.08. The average molecular weight is 401 g/mol. The van der Waals surface area contributed by atoms with Gasteiger partial charge in [0.25, 0.3) is 0 Å². The molecule has 24 heavy (non-hydrogen) atoms. The minimum Gasteiger partial charge on any atom is -0.293 e. The summed E-state index contributed by atoms with van der Waals surface area (Å²) >= 11 is 4.75. The Hall–Kier alpha value is -1.64. The molecule has 0 fully saturated rings. The van der Waals surface area contributed by atoms with Crippen LogP contribution in [0.25, 0.3) is 0 Å². The molecule has 0 spiro atoms. The van der Waals surface area contributed by atoms with Crippen LogP contribution in [0.2, 0.25) is 0 Å². The number of hydrogen-bond acceptors (Lipinski definition) is 4. The number of halogens is 1. The Bertz CT molecular complexity index is 842. The van der Waals surface area contributed by atoms with Crippen LogP contribution in [-0.2, 0) is 12.8 Å². The third-order valence-corrected chi connectivity index (χ3v) is 5.76. The molecule has 1 heterocycles. The van der Waals surface area contributed by atoms with Gasteiger partial charge in [-0.3, -0.25) is 4.79 Å². The van der Waals surface area contributed by atoms with Gasteiger partial charge in [0.1, 0.15) is 11.1 Å². The predicted molar refractivity (Wildman–Crippen MR) is 99.5 cm³/mol. The lowest BCUT2D eigenvalue weighted by atomic mass is 9.88. The first-order valence-corrected chi connectivity index (χ1v) is 9.72. The van der Waals surface area contributed by atoms with E-state index in [2.05, 4.69) is 27.0 Å². The smallest absolute Gasteiger partial charge is 0.173 e. The number of rotatable bonds is 4. The van der Waals surface area contributed by atoms with Crippen molar-refractivity contribution in [3.63, 3.8) is 0 Å². The fraction of sp³-hybridized carbons (Fsp3) is 0.316. The Morgan fingerprint density at radius 3 is 2.79 bits per heavy atom. The van der Waals surface area contributed by atoms with Crippen molar-refractivity contribution >= 4 is 33.5 Å². The molecular weight excluding hydrogens is 384 g/mol. The Morgan fingerprint density at radius 1 is 1.33 bits per heavy atom. The SMILES string of the molecule is Cc1nc(SCC(=O)c2cccc(Br)c2)c(C#N)c2c1CCCC2. The van der Waals surface area contributed by atoms with E-state index < -0.39 is 0 Å². The zero-order chi connectivity index (χ0) is 17.1. The van der Waals surface area contributed by atoms with Crippen molar-refractivity contribution in [3.8, 4) is 6.07 Å². The number of aryl methyl sites for hydroxylation is 1. The lowest BCUT2D eigenvalue weighted by molar-refractivity contribution is 0.102. The molecule has 0 saturated heterocycles. The van der Waals surface area contributed by atoms with Crippen molar-refractivity contribution in [1.82, 2.24) is 4.98 Å². The second-order valence-electron chi connectivity index (χ2n) is 5.88. The van der Waals surface area contributed by atoms with Gasteiger partial charge in [0.2, 0.25) is 0 Å². The van der Waals surface area contributed by atoms with Crippen LogP contribution in [0, 0.1) is 18.3 Å². The molecule has 0 radical (unpaired) electrons. The van der Waals surface area contributed by atoms with Gasteiger partial charge in [-0.1, -0.05) is 39.8 Å². The first-order chi connectivity index (χ1) is 11.6. The van der Waals surface area contributed by atoms with E-state index in [0.717, 1.165) is 41.4 Å². The maximum absolute atomic E-state index is 12.4. The standard InChI is InChI=1S/C19H17BrN2OS/c1-12-15-7-2-3-8-16(15)17(10-21)19(22-12)24-11-18(23)13-5-4-6-14(20)9-13/h4-6,9H,2-3,7-8,11H2,1H3. The molecule has 1 aromatic carbocycles. The fourth-order valence-corrected chi connectivity index (χ4v) is 4.43. The number of carbonyl (C=O) groups excluding carboxylic acids is 1. The molecule has 1 aliphatic rings. The van der Waals surface area contributed by atoms with Crippen LogP contribution in [0.15, 0.2) is 33.8 Å². The van der Waals surface area contributed by atoms with Crippen molar-refractivity contribution in [3.05, 3.63) is 56.7 Å². The maximum Gasteiger partial charge on any atom is 0.173 e. The second kappa shape index (κ2) is 7.50. The van der Waals surface area contributed by atoms with Crippen LogP contribution >= 0.6 is 27.7 Å². The van der Waals surface area contributed by atoms with Crippen molar-refractivity contribution in [2.75, 3.05) is 5.75 Å². The van der Waals surface area contributed by atoms with E-state index >= 15 is 0 Å². The zero-order valence-corrected chi connectivity index (χ0v) is 15.8. The third-order valence-electron chi connectivity index (χ3n) is 4.29. The van der Waals surface area contributed by atoms with Crippen LogP contribution in [0.1, 0.15) is 45.6 Å². The molecule has 0 saturated carbocycles. The van der Waals surface area contributed by atoms with E-state index in [0.29, 0.717) is 16.2 Å². The molecule has 0 N–H and O–H groups in total. The quantitative estimate of drug-likeness (QED) is 0.541. The highest BCUT2D eigenvalue weighted by atomic mass is 79.9. The van der Waals surface area contributed by atoms with Gasteiger partial charge in [0.05, 0.1) is 11.3 Å². The molecule has 1 aromatic heterocycles. The van der Waals surface area contributed by atoms with Crippen molar-refractivity contribution in [2.24, 2.45) is 0 Å². The van der Waals surface area contributed by atoms with Gasteiger partial charge in [-0.2, -0.15) is 5.26 Å². The number of Topliss-reactive ketones (excluding diaryl/α,β-unsaturated/α-hetero) is 1. The molecule has 0 unspecified atom stereocenters. The molecule has 0 amide bonds. The maximum atomic E-state index is 12.4. The molecule has 3 rings (SSSR count). The number of hydrogen-bond donors (Lipinski definition) is 0. The third kappa shape index (κ3) is 3.55. The first-order valence-electron chi connectivity index (χ1n) is 7.94. The second-order valence-corrected chi connectivity index (χ2v) is 7.76. The van der Waals surface area contributed by atoms with Gasteiger partial charge >= 0.3 is 0 Å². The topological polar surface area (TPSA) is 53.8 Å². The summed E-state index contributed by atoms with van der Waals surface area (Å²) in [6.45, 7) is 2.01. The number of aromatic nitrogens is 1. The molecule has 0 atom stereocenters. The number of benzene rings is 1. The highest BCUT2D eigenvalue weighted by Crippen LogP contribution is 2.32. The average Bonchev–Trinajstić information content (AvgIpc) is 2.60.